The van der Waals surface area contributed by atoms with Crippen LogP contribution in [0.1, 0.15) is 34.7 Å². The third-order valence-corrected chi connectivity index (χ3v) is 5.63. The second-order valence-electron chi connectivity index (χ2n) is 7.93. The average molecular weight is 418 g/mol. The van der Waals surface area contributed by atoms with Gasteiger partial charge in [0.1, 0.15) is 0 Å². The Balaban J connectivity index is 1.31. The molecule has 1 aliphatic heterocycles. The minimum absolute atomic E-state index is 0.00155. The molecule has 0 bridgehead atoms. The summed E-state index contributed by atoms with van der Waals surface area (Å²) in [5.74, 6) is 1.14. The zero-order chi connectivity index (χ0) is 21.6. The Morgan fingerprint density at radius 2 is 1.90 bits per heavy atom. The summed E-state index contributed by atoms with van der Waals surface area (Å²) >= 11 is 0. The van der Waals surface area contributed by atoms with Gasteiger partial charge >= 0.3 is 0 Å². The summed E-state index contributed by atoms with van der Waals surface area (Å²) < 4.78 is 5.48. The first-order valence-corrected chi connectivity index (χ1v) is 10.6. The number of piperidine rings is 1. The highest BCUT2D eigenvalue weighted by molar-refractivity contribution is 5.96. The topological polar surface area (TPSA) is 88.3 Å². The SMILES string of the molecule is Cc1ccccc1-c1noc(CC2CCCN(C(=O)CNC(=O)c3ccccc3)C2)n1. The predicted octanol–water partition coefficient (Wildman–Crippen LogP) is 3.26. The molecule has 160 valence electrons. The number of hydrogen-bond acceptors (Lipinski definition) is 5. The summed E-state index contributed by atoms with van der Waals surface area (Å²) in [5.41, 5.74) is 2.61. The van der Waals surface area contributed by atoms with Crippen molar-refractivity contribution in [3.63, 3.8) is 0 Å². The number of amides is 2. The Hall–Kier alpha value is -3.48. The lowest BCUT2D eigenvalue weighted by Gasteiger charge is -2.32. The first-order chi connectivity index (χ1) is 15.1. The monoisotopic (exact) mass is 418 g/mol. The van der Waals surface area contributed by atoms with Crippen LogP contribution in [0.3, 0.4) is 0 Å². The van der Waals surface area contributed by atoms with E-state index in [0.29, 0.717) is 36.8 Å². The Labute approximate surface area is 181 Å². The smallest absolute Gasteiger partial charge is 0.251 e. The van der Waals surface area contributed by atoms with Gasteiger partial charge in [-0.25, -0.2) is 0 Å². The Kier molecular flexibility index (Phi) is 6.40. The molecule has 1 fully saturated rings. The number of hydrogen-bond donors (Lipinski definition) is 1. The number of likely N-dealkylation sites (tertiary alicyclic amines) is 1. The molecule has 1 atom stereocenters. The first kappa shape index (κ1) is 20.8. The van der Waals surface area contributed by atoms with Crippen molar-refractivity contribution in [2.75, 3.05) is 19.6 Å². The average Bonchev–Trinajstić information content (AvgIpc) is 3.26. The molecule has 2 aromatic carbocycles. The number of nitrogens with one attached hydrogen (secondary N) is 1. The lowest BCUT2D eigenvalue weighted by molar-refractivity contribution is -0.131. The highest BCUT2D eigenvalue weighted by Crippen LogP contribution is 2.23. The van der Waals surface area contributed by atoms with Gasteiger partial charge < -0.3 is 14.7 Å². The molecule has 0 aliphatic carbocycles. The minimum Gasteiger partial charge on any atom is -0.343 e. The standard InChI is InChI=1S/C24H26N4O3/c1-17-8-5-6-12-20(17)23-26-21(31-27-23)14-18-9-7-13-28(16-18)22(29)15-25-24(30)19-10-3-2-4-11-19/h2-6,8,10-12,18H,7,9,13-16H2,1H3,(H,25,30). The molecule has 2 amide bonds. The van der Waals surface area contributed by atoms with Crippen LogP contribution < -0.4 is 5.32 Å². The van der Waals surface area contributed by atoms with E-state index in [0.717, 1.165) is 24.0 Å². The lowest BCUT2D eigenvalue weighted by atomic mass is 9.94. The Morgan fingerprint density at radius 3 is 2.71 bits per heavy atom. The fraction of sp³-hybridized carbons (Fsp3) is 0.333. The van der Waals surface area contributed by atoms with Crippen LogP contribution in [-0.4, -0.2) is 46.5 Å². The second kappa shape index (κ2) is 9.55. The van der Waals surface area contributed by atoms with Crippen molar-refractivity contribution in [1.82, 2.24) is 20.4 Å². The lowest BCUT2D eigenvalue weighted by Crippen LogP contribution is -2.45. The van der Waals surface area contributed by atoms with Gasteiger partial charge in [0.15, 0.2) is 0 Å². The zero-order valence-electron chi connectivity index (χ0n) is 17.6. The van der Waals surface area contributed by atoms with Gasteiger partial charge in [0.2, 0.25) is 17.6 Å². The van der Waals surface area contributed by atoms with Crippen LogP contribution in [0.4, 0.5) is 0 Å². The maximum absolute atomic E-state index is 12.6. The molecule has 0 radical (unpaired) electrons. The summed E-state index contributed by atoms with van der Waals surface area (Å²) in [7, 11) is 0. The fourth-order valence-corrected chi connectivity index (χ4v) is 3.94. The summed E-state index contributed by atoms with van der Waals surface area (Å²) in [5, 5.41) is 6.85. The predicted molar refractivity (Wildman–Crippen MR) is 116 cm³/mol. The highest BCUT2D eigenvalue weighted by Gasteiger charge is 2.26. The molecule has 1 N–H and O–H groups in total. The molecule has 0 saturated carbocycles. The van der Waals surface area contributed by atoms with Crippen molar-refractivity contribution in [3.8, 4) is 11.4 Å². The van der Waals surface area contributed by atoms with Crippen molar-refractivity contribution in [2.45, 2.75) is 26.2 Å². The van der Waals surface area contributed by atoms with Gasteiger partial charge in [-0.15, -0.1) is 0 Å². The molecular weight excluding hydrogens is 392 g/mol. The molecule has 1 unspecified atom stereocenters. The van der Waals surface area contributed by atoms with Crippen molar-refractivity contribution in [2.24, 2.45) is 5.92 Å². The largest absolute Gasteiger partial charge is 0.343 e. The molecule has 1 aliphatic rings. The van der Waals surface area contributed by atoms with Crippen molar-refractivity contribution < 1.29 is 14.1 Å². The molecule has 7 nitrogen and oxygen atoms in total. The number of aromatic nitrogens is 2. The van der Waals surface area contributed by atoms with E-state index < -0.39 is 0 Å². The molecule has 3 aromatic rings. The molecule has 2 heterocycles. The molecule has 4 rings (SSSR count). The third kappa shape index (κ3) is 5.17. The maximum atomic E-state index is 12.6. The van der Waals surface area contributed by atoms with Gasteiger partial charge in [0.05, 0.1) is 6.54 Å². The third-order valence-electron chi connectivity index (χ3n) is 5.63. The van der Waals surface area contributed by atoms with E-state index in [1.54, 1.807) is 24.3 Å². The maximum Gasteiger partial charge on any atom is 0.251 e. The van der Waals surface area contributed by atoms with Gasteiger partial charge in [-0.05, 0) is 43.4 Å². The number of carbonyl (C=O) groups excluding carboxylic acids is 2. The molecule has 7 heteroatoms. The van der Waals surface area contributed by atoms with Crippen LogP contribution in [0.25, 0.3) is 11.4 Å². The number of aryl methyl sites for hydroxylation is 1. The summed E-state index contributed by atoms with van der Waals surface area (Å²) in [6, 6.07) is 16.8. The van der Waals surface area contributed by atoms with Crippen molar-refractivity contribution in [3.05, 3.63) is 71.6 Å². The van der Waals surface area contributed by atoms with Crippen molar-refractivity contribution in [1.29, 1.82) is 0 Å². The number of nitrogens with zero attached hydrogens (tertiary/aromatic N) is 3. The first-order valence-electron chi connectivity index (χ1n) is 10.6. The zero-order valence-corrected chi connectivity index (χ0v) is 17.6. The van der Waals surface area contributed by atoms with Gasteiger partial charge in [-0.2, -0.15) is 4.98 Å². The molecule has 0 spiro atoms. The van der Waals surface area contributed by atoms with Crippen LogP contribution >= 0.6 is 0 Å². The molecule has 1 aromatic heterocycles. The van der Waals surface area contributed by atoms with E-state index in [4.69, 9.17) is 4.52 Å². The Bertz CT molecular complexity index is 1050. The van der Waals surface area contributed by atoms with Crippen LogP contribution in [0.15, 0.2) is 59.1 Å². The van der Waals surface area contributed by atoms with E-state index in [1.807, 2.05) is 42.2 Å². The molecule has 31 heavy (non-hydrogen) atoms. The van der Waals surface area contributed by atoms with Crippen LogP contribution in [0.5, 0.6) is 0 Å². The Morgan fingerprint density at radius 1 is 1.13 bits per heavy atom. The molecular formula is C24H26N4O3. The second-order valence-corrected chi connectivity index (χ2v) is 7.93. The summed E-state index contributed by atoms with van der Waals surface area (Å²) in [4.78, 5) is 31.2. The van der Waals surface area contributed by atoms with E-state index in [-0.39, 0.29) is 24.3 Å². The quantitative estimate of drug-likeness (QED) is 0.664. The van der Waals surface area contributed by atoms with Gasteiger partial charge in [-0.1, -0.05) is 47.6 Å². The van der Waals surface area contributed by atoms with Gasteiger partial charge in [-0.3, -0.25) is 9.59 Å². The van der Waals surface area contributed by atoms with E-state index in [9.17, 15) is 9.59 Å². The van der Waals surface area contributed by atoms with E-state index in [1.165, 1.54) is 0 Å². The van der Waals surface area contributed by atoms with Crippen molar-refractivity contribution >= 4 is 11.8 Å². The number of carbonyl (C=O) groups is 2. The van der Waals surface area contributed by atoms with E-state index in [2.05, 4.69) is 15.5 Å². The normalized spacial score (nSPS) is 16.2. The van der Waals surface area contributed by atoms with E-state index >= 15 is 0 Å². The van der Waals surface area contributed by atoms with Crippen LogP contribution in [0.2, 0.25) is 0 Å². The summed E-state index contributed by atoms with van der Waals surface area (Å²) in [6.45, 7) is 3.35. The van der Waals surface area contributed by atoms with Crippen LogP contribution in [0, 0.1) is 12.8 Å². The van der Waals surface area contributed by atoms with Crippen LogP contribution in [-0.2, 0) is 11.2 Å². The van der Waals surface area contributed by atoms with Gasteiger partial charge in [0.25, 0.3) is 5.91 Å². The summed E-state index contributed by atoms with van der Waals surface area (Å²) in [6.07, 6.45) is 2.56. The van der Waals surface area contributed by atoms with Gasteiger partial charge in [0, 0.05) is 30.6 Å². The fourth-order valence-electron chi connectivity index (χ4n) is 3.94. The number of rotatable bonds is 6. The number of benzene rings is 2. The highest BCUT2D eigenvalue weighted by atomic mass is 16.5. The minimum atomic E-state index is -0.239. The molecule has 1 saturated heterocycles.